The number of allylic oxidation sites excluding steroid dienone is 1. The lowest BCUT2D eigenvalue weighted by molar-refractivity contribution is -0.141. The number of carbonyl (C=O) groups excluding carboxylic acids is 1. The molecule has 3 nitrogen and oxygen atoms in total. The minimum atomic E-state index is -0.882. The molecule has 0 aromatic heterocycles. The minimum Gasteiger partial charge on any atom is -0.515 e. The monoisotopic (exact) mass is 272 g/mol. The van der Waals surface area contributed by atoms with Crippen molar-refractivity contribution in [2.45, 2.75) is 25.9 Å². The van der Waals surface area contributed by atoms with Crippen molar-refractivity contribution in [3.05, 3.63) is 53.8 Å². The van der Waals surface area contributed by atoms with Gasteiger partial charge in [0.2, 0.25) is 0 Å². The average Bonchev–Trinajstić information content (AvgIpc) is 2.47. The smallest absolute Gasteiger partial charge is 0.188 e. The summed E-state index contributed by atoms with van der Waals surface area (Å²) in [5.41, 5.74) is 1.54. The second kappa shape index (κ2) is 5.63. The quantitative estimate of drug-likeness (QED) is 0.856. The molecule has 0 amide bonds. The van der Waals surface area contributed by atoms with Crippen molar-refractivity contribution in [2.24, 2.45) is 5.92 Å². The molecule has 0 saturated carbocycles. The zero-order valence-corrected chi connectivity index (χ0v) is 12.1. The Morgan fingerprint density at radius 3 is 2.45 bits per heavy atom. The van der Waals surface area contributed by atoms with Crippen LogP contribution in [0.2, 0.25) is 0 Å². The summed E-state index contributed by atoms with van der Waals surface area (Å²) in [6, 6.07) is 9.60. The summed E-state index contributed by atoms with van der Waals surface area (Å²) in [5.74, 6) is -0.0111. The molecular weight excluding hydrogens is 252 g/mol. The number of ketones is 1. The summed E-state index contributed by atoms with van der Waals surface area (Å²) in [6.45, 7) is 3.91. The Morgan fingerprint density at radius 1 is 1.30 bits per heavy atom. The number of ether oxygens (including phenoxy) is 1. The topological polar surface area (TPSA) is 46.5 Å². The van der Waals surface area contributed by atoms with E-state index in [1.807, 2.05) is 44.2 Å². The summed E-state index contributed by atoms with van der Waals surface area (Å²) < 4.78 is 5.52. The van der Waals surface area contributed by atoms with E-state index in [0.717, 1.165) is 23.0 Å². The predicted molar refractivity (Wildman–Crippen MR) is 79.3 cm³/mol. The number of aliphatic hydroxyl groups excluding tert-OH is 1. The molecule has 1 N–H and O–H groups in total. The van der Waals surface area contributed by atoms with E-state index in [1.54, 1.807) is 13.2 Å². The van der Waals surface area contributed by atoms with Gasteiger partial charge in [0, 0.05) is 13.5 Å². The molecule has 1 aliphatic rings. The van der Waals surface area contributed by atoms with Crippen LogP contribution < -0.4 is 0 Å². The fourth-order valence-corrected chi connectivity index (χ4v) is 2.71. The fourth-order valence-electron chi connectivity index (χ4n) is 2.71. The second-order valence-electron chi connectivity index (χ2n) is 5.37. The van der Waals surface area contributed by atoms with Gasteiger partial charge in [0.1, 0.15) is 5.60 Å². The van der Waals surface area contributed by atoms with Gasteiger partial charge < -0.3 is 9.84 Å². The van der Waals surface area contributed by atoms with Crippen molar-refractivity contribution in [1.82, 2.24) is 0 Å². The predicted octanol–water partition coefficient (Wildman–Crippen LogP) is 3.53. The van der Waals surface area contributed by atoms with Crippen LogP contribution in [0.1, 0.15) is 25.8 Å². The van der Waals surface area contributed by atoms with Crippen LogP contribution in [0, 0.1) is 5.92 Å². The minimum absolute atomic E-state index is 0.0310. The SMILES string of the molecule is COC1(C(C)C)CC(=CO)C(c2ccccc2)=CC1=O. The first-order valence-electron chi connectivity index (χ1n) is 6.75. The first-order valence-corrected chi connectivity index (χ1v) is 6.75. The lowest BCUT2D eigenvalue weighted by Gasteiger charge is -2.38. The number of rotatable bonds is 3. The van der Waals surface area contributed by atoms with Crippen LogP contribution >= 0.6 is 0 Å². The first kappa shape index (κ1) is 14.5. The van der Waals surface area contributed by atoms with E-state index in [0.29, 0.717) is 6.42 Å². The van der Waals surface area contributed by atoms with Crippen molar-refractivity contribution in [1.29, 1.82) is 0 Å². The molecule has 3 heteroatoms. The van der Waals surface area contributed by atoms with Crippen LogP contribution in [-0.2, 0) is 9.53 Å². The summed E-state index contributed by atoms with van der Waals surface area (Å²) >= 11 is 0. The van der Waals surface area contributed by atoms with E-state index in [1.165, 1.54) is 0 Å². The number of methoxy groups -OCH3 is 1. The van der Waals surface area contributed by atoms with Crippen LogP contribution in [0.4, 0.5) is 0 Å². The van der Waals surface area contributed by atoms with Crippen molar-refractivity contribution >= 4 is 11.4 Å². The average molecular weight is 272 g/mol. The van der Waals surface area contributed by atoms with Gasteiger partial charge in [0.25, 0.3) is 0 Å². The molecule has 1 atom stereocenters. The highest BCUT2D eigenvalue weighted by Crippen LogP contribution is 2.40. The molecule has 2 rings (SSSR count). The van der Waals surface area contributed by atoms with Gasteiger partial charge in [0.15, 0.2) is 5.78 Å². The molecule has 1 aromatic carbocycles. The molecule has 0 saturated heterocycles. The van der Waals surface area contributed by atoms with Crippen molar-refractivity contribution in [3.8, 4) is 0 Å². The summed E-state index contributed by atoms with van der Waals surface area (Å²) in [4.78, 5) is 12.5. The van der Waals surface area contributed by atoms with E-state index >= 15 is 0 Å². The van der Waals surface area contributed by atoms with Crippen molar-refractivity contribution in [3.63, 3.8) is 0 Å². The number of aliphatic hydroxyl groups is 1. The summed E-state index contributed by atoms with van der Waals surface area (Å²) in [7, 11) is 1.55. The van der Waals surface area contributed by atoms with Crippen LogP contribution in [0.5, 0.6) is 0 Å². The van der Waals surface area contributed by atoms with Crippen LogP contribution in [0.25, 0.3) is 5.57 Å². The number of carbonyl (C=O) groups is 1. The van der Waals surface area contributed by atoms with E-state index in [-0.39, 0.29) is 11.7 Å². The van der Waals surface area contributed by atoms with E-state index in [2.05, 4.69) is 0 Å². The van der Waals surface area contributed by atoms with Gasteiger partial charge in [-0.2, -0.15) is 0 Å². The molecule has 0 spiro atoms. The second-order valence-corrected chi connectivity index (χ2v) is 5.37. The number of hydrogen-bond acceptors (Lipinski definition) is 3. The molecule has 0 radical (unpaired) electrons. The van der Waals surface area contributed by atoms with Gasteiger partial charge in [0.05, 0.1) is 6.26 Å². The molecule has 0 fully saturated rings. The Balaban J connectivity index is 2.52. The van der Waals surface area contributed by atoms with Crippen LogP contribution in [0.15, 0.2) is 48.2 Å². The fraction of sp³-hybridized carbons (Fsp3) is 0.353. The Morgan fingerprint density at radius 2 is 1.95 bits per heavy atom. The lowest BCUT2D eigenvalue weighted by Crippen LogP contribution is -2.47. The highest BCUT2D eigenvalue weighted by Gasteiger charge is 2.44. The normalized spacial score (nSPS) is 25.1. The van der Waals surface area contributed by atoms with Gasteiger partial charge in [-0.05, 0) is 28.7 Å². The van der Waals surface area contributed by atoms with E-state index in [9.17, 15) is 9.90 Å². The molecule has 1 aliphatic carbocycles. The zero-order chi connectivity index (χ0) is 14.8. The molecule has 106 valence electrons. The van der Waals surface area contributed by atoms with Gasteiger partial charge in [-0.15, -0.1) is 0 Å². The van der Waals surface area contributed by atoms with E-state index in [4.69, 9.17) is 4.74 Å². The lowest BCUT2D eigenvalue weighted by atomic mass is 9.73. The molecule has 20 heavy (non-hydrogen) atoms. The molecule has 1 unspecified atom stereocenters. The Kier molecular flexibility index (Phi) is 4.09. The van der Waals surface area contributed by atoms with Crippen LogP contribution in [-0.4, -0.2) is 23.6 Å². The standard InChI is InChI=1S/C17H20O3/c1-12(2)17(20-3)10-14(11-18)15(9-16(17)19)13-7-5-4-6-8-13/h4-9,11-12,18H,10H2,1-3H3. The molecule has 0 bridgehead atoms. The molecule has 1 aromatic rings. The molecule has 0 aliphatic heterocycles. The first-order chi connectivity index (χ1) is 9.55. The summed E-state index contributed by atoms with van der Waals surface area (Å²) in [5, 5.41) is 9.55. The molecule has 0 heterocycles. The highest BCUT2D eigenvalue weighted by atomic mass is 16.5. The Labute approximate surface area is 119 Å². The maximum Gasteiger partial charge on any atom is 0.188 e. The largest absolute Gasteiger partial charge is 0.515 e. The van der Waals surface area contributed by atoms with Crippen LogP contribution in [0.3, 0.4) is 0 Å². The van der Waals surface area contributed by atoms with Crippen molar-refractivity contribution in [2.75, 3.05) is 7.11 Å². The maximum atomic E-state index is 12.5. The van der Waals surface area contributed by atoms with Gasteiger partial charge in [-0.1, -0.05) is 44.2 Å². The zero-order valence-electron chi connectivity index (χ0n) is 12.1. The Hall–Kier alpha value is -1.87. The number of hydrogen-bond donors (Lipinski definition) is 1. The summed E-state index contributed by atoms with van der Waals surface area (Å²) in [6.07, 6.45) is 3.06. The van der Waals surface area contributed by atoms with Gasteiger partial charge in [-0.3, -0.25) is 4.79 Å². The van der Waals surface area contributed by atoms with Crippen molar-refractivity contribution < 1.29 is 14.6 Å². The number of benzene rings is 1. The maximum absolute atomic E-state index is 12.5. The van der Waals surface area contributed by atoms with Gasteiger partial charge >= 0.3 is 0 Å². The molecular formula is C17H20O3. The Bertz CT molecular complexity index is 555. The third-order valence-corrected chi connectivity index (χ3v) is 4.03. The highest BCUT2D eigenvalue weighted by molar-refractivity contribution is 6.08. The third-order valence-electron chi connectivity index (χ3n) is 4.03. The van der Waals surface area contributed by atoms with Gasteiger partial charge in [-0.25, -0.2) is 0 Å². The van der Waals surface area contributed by atoms with E-state index < -0.39 is 5.60 Å². The third kappa shape index (κ3) is 2.29.